The first-order valence-electron chi connectivity index (χ1n) is 10.5. The molecule has 0 unspecified atom stereocenters. The summed E-state index contributed by atoms with van der Waals surface area (Å²) in [6, 6.07) is 3.47. The predicted octanol–water partition coefficient (Wildman–Crippen LogP) is 5.78. The van der Waals surface area contributed by atoms with Gasteiger partial charge in [0.1, 0.15) is 17.7 Å². The van der Waals surface area contributed by atoms with E-state index in [1.54, 1.807) is 4.90 Å². The maximum absolute atomic E-state index is 13.2. The number of carbonyl (C=O) groups excluding carboxylic acids is 1. The van der Waals surface area contributed by atoms with E-state index in [-0.39, 0.29) is 17.6 Å². The van der Waals surface area contributed by atoms with Gasteiger partial charge in [0, 0.05) is 26.2 Å². The van der Waals surface area contributed by atoms with Crippen LogP contribution >= 0.6 is 11.6 Å². The lowest BCUT2D eigenvalue weighted by Gasteiger charge is -2.33. The maximum Gasteiger partial charge on any atom is 0.417 e. The first-order chi connectivity index (χ1) is 15.5. The molecule has 1 amide bonds. The molecule has 1 aromatic heterocycles. The lowest BCUT2D eigenvalue weighted by molar-refractivity contribution is -0.137. The van der Waals surface area contributed by atoms with E-state index < -0.39 is 22.4 Å². The van der Waals surface area contributed by atoms with Gasteiger partial charge in [-0.25, -0.2) is 14.8 Å². The molecule has 2 aromatic rings. The van der Waals surface area contributed by atoms with Gasteiger partial charge in [-0.3, -0.25) is 0 Å². The zero-order valence-electron chi connectivity index (χ0n) is 18.7. The van der Waals surface area contributed by atoms with Gasteiger partial charge in [-0.15, -0.1) is 0 Å². The molecule has 0 bridgehead atoms. The number of amides is 1. The molecular weight excluding hydrogens is 461 g/mol. The minimum absolute atomic E-state index is 0.148. The van der Waals surface area contributed by atoms with E-state index in [0.29, 0.717) is 32.0 Å². The zero-order chi connectivity index (χ0) is 24.2. The Labute approximate surface area is 195 Å². The molecule has 0 atom stereocenters. The van der Waals surface area contributed by atoms with Crippen LogP contribution in [0.5, 0.6) is 11.5 Å². The van der Waals surface area contributed by atoms with Gasteiger partial charge in [-0.2, -0.15) is 13.2 Å². The number of hydrogen-bond acceptors (Lipinski definition) is 6. The number of alkyl halides is 3. The van der Waals surface area contributed by atoms with E-state index in [2.05, 4.69) is 9.97 Å². The summed E-state index contributed by atoms with van der Waals surface area (Å²) in [6.45, 7) is 7.47. The summed E-state index contributed by atoms with van der Waals surface area (Å²) >= 11 is 5.98. The van der Waals surface area contributed by atoms with Gasteiger partial charge in [0.2, 0.25) is 0 Å². The molecule has 1 saturated heterocycles. The molecule has 1 aliphatic rings. The van der Waals surface area contributed by atoms with Crippen molar-refractivity contribution in [1.29, 1.82) is 0 Å². The summed E-state index contributed by atoms with van der Waals surface area (Å²) in [6.07, 6.45) is -0.757. The zero-order valence-corrected chi connectivity index (χ0v) is 19.4. The van der Waals surface area contributed by atoms with Crippen molar-refractivity contribution in [2.24, 2.45) is 0 Å². The minimum Gasteiger partial charge on any atom is -0.450 e. The second-order valence-electron chi connectivity index (χ2n) is 8.59. The molecule has 0 N–H and O–H groups in total. The third-order valence-electron chi connectivity index (χ3n) is 4.84. The van der Waals surface area contributed by atoms with Crippen LogP contribution < -0.4 is 9.64 Å². The Morgan fingerprint density at radius 3 is 2.48 bits per heavy atom. The smallest absolute Gasteiger partial charge is 0.417 e. The summed E-state index contributed by atoms with van der Waals surface area (Å²) in [5.41, 5.74) is -1.59. The molecular formula is C22H26ClF3N4O3. The average molecular weight is 487 g/mol. The van der Waals surface area contributed by atoms with Gasteiger partial charge in [-0.05, 0) is 45.7 Å². The lowest BCUT2D eigenvalue weighted by Crippen LogP contribution is -2.44. The quantitative estimate of drug-likeness (QED) is 0.548. The fourth-order valence-corrected chi connectivity index (χ4v) is 3.61. The van der Waals surface area contributed by atoms with Gasteiger partial charge in [0.05, 0.1) is 16.8 Å². The summed E-state index contributed by atoms with van der Waals surface area (Å²) in [5.74, 6) is 0.428. The van der Waals surface area contributed by atoms with Crippen molar-refractivity contribution in [3.05, 3.63) is 41.3 Å². The number of aromatic nitrogens is 2. The Hall–Kier alpha value is -2.75. The summed E-state index contributed by atoms with van der Waals surface area (Å²) < 4.78 is 50.9. The van der Waals surface area contributed by atoms with Crippen LogP contribution in [0, 0.1) is 0 Å². The number of ether oxygens (including phenoxy) is 2. The molecule has 1 fully saturated rings. The molecule has 1 aromatic carbocycles. The highest BCUT2D eigenvalue weighted by atomic mass is 35.5. The van der Waals surface area contributed by atoms with Gasteiger partial charge in [-0.1, -0.05) is 17.7 Å². The molecule has 180 valence electrons. The van der Waals surface area contributed by atoms with E-state index in [9.17, 15) is 18.0 Å². The highest BCUT2D eigenvalue weighted by Crippen LogP contribution is 2.41. The monoisotopic (exact) mass is 486 g/mol. The Morgan fingerprint density at radius 2 is 1.79 bits per heavy atom. The van der Waals surface area contributed by atoms with Crippen molar-refractivity contribution in [3.8, 4) is 11.5 Å². The van der Waals surface area contributed by atoms with Crippen molar-refractivity contribution >= 4 is 23.5 Å². The molecule has 11 heteroatoms. The SMILES string of the molecule is CC(C)(C)OC(=O)N1CCCCN(c2ncncc2Oc2cccc(C(F)(F)F)c2Cl)CC1. The highest BCUT2D eigenvalue weighted by Gasteiger charge is 2.34. The van der Waals surface area contributed by atoms with Gasteiger partial charge >= 0.3 is 12.3 Å². The van der Waals surface area contributed by atoms with Crippen molar-refractivity contribution in [1.82, 2.24) is 14.9 Å². The van der Waals surface area contributed by atoms with Crippen molar-refractivity contribution in [2.45, 2.75) is 45.4 Å². The number of benzene rings is 1. The Bertz CT molecular complexity index is 982. The topological polar surface area (TPSA) is 67.8 Å². The van der Waals surface area contributed by atoms with E-state index in [1.807, 2.05) is 25.7 Å². The van der Waals surface area contributed by atoms with E-state index in [1.165, 1.54) is 24.7 Å². The number of anilines is 1. The highest BCUT2D eigenvalue weighted by molar-refractivity contribution is 6.33. The Morgan fingerprint density at radius 1 is 1.06 bits per heavy atom. The lowest BCUT2D eigenvalue weighted by atomic mass is 10.2. The van der Waals surface area contributed by atoms with Crippen molar-refractivity contribution < 1.29 is 27.4 Å². The van der Waals surface area contributed by atoms with Gasteiger partial charge in [0.15, 0.2) is 11.6 Å². The van der Waals surface area contributed by atoms with Crippen LogP contribution in [0.15, 0.2) is 30.7 Å². The number of rotatable bonds is 3. The number of halogens is 4. The largest absolute Gasteiger partial charge is 0.450 e. The first-order valence-corrected chi connectivity index (χ1v) is 10.9. The fraction of sp³-hybridized carbons (Fsp3) is 0.500. The Kier molecular flexibility index (Phi) is 7.56. The van der Waals surface area contributed by atoms with Crippen molar-refractivity contribution in [3.63, 3.8) is 0 Å². The number of nitrogens with zero attached hydrogens (tertiary/aromatic N) is 4. The van der Waals surface area contributed by atoms with Gasteiger partial charge in [0.25, 0.3) is 0 Å². The average Bonchev–Trinajstić information content (AvgIpc) is 2.68. The van der Waals surface area contributed by atoms with Crippen LogP contribution in [-0.4, -0.2) is 52.7 Å². The second kappa shape index (κ2) is 10.0. The molecule has 0 saturated carbocycles. The fourth-order valence-electron chi connectivity index (χ4n) is 3.34. The molecule has 3 rings (SSSR count). The van der Waals surface area contributed by atoms with E-state index in [0.717, 1.165) is 18.9 Å². The van der Waals surface area contributed by atoms with Crippen LogP contribution in [0.4, 0.5) is 23.8 Å². The molecule has 0 radical (unpaired) electrons. The molecule has 0 spiro atoms. The van der Waals surface area contributed by atoms with Crippen LogP contribution in [0.3, 0.4) is 0 Å². The predicted molar refractivity (Wildman–Crippen MR) is 118 cm³/mol. The second-order valence-corrected chi connectivity index (χ2v) is 8.97. The molecule has 33 heavy (non-hydrogen) atoms. The first kappa shape index (κ1) is 24.9. The van der Waals surface area contributed by atoms with E-state index >= 15 is 0 Å². The molecule has 2 heterocycles. The standard InChI is InChI=1S/C22H26ClF3N4O3/c1-21(2,3)33-20(31)30-10-5-4-9-29(11-12-30)19-17(13-27-14-28-19)32-16-8-6-7-15(18(16)23)22(24,25)26/h6-8,13-14H,4-5,9-12H2,1-3H3. The molecule has 7 nitrogen and oxygen atoms in total. The van der Waals surface area contributed by atoms with Gasteiger partial charge < -0.3 is 19.3 Å². The summed E-state index contributed by atoms with van der Waals surface area (Å²) in [5, 5.41) is -0.538. The summed E-state index contributed by atoms with van der Waals surface area (Å²) in [4.78, 5) is 24.3. The van der Waals surface area contributed by atoms with Crippen LogP contribution in [0.25, 0.3) is 0 Å². The van der Waals surface area contributed by atoms with E-state index in [4.69, 9.17) is 21.1 Å². The molecule has 1 aliphatic heterocycles. The van der Waals surface area contributed by atoms with Crippen LogP contribution in [0.2, 0.25) is 5.02 Å². The Balaban J connectivity index is 1.81. The maximum atomic E-state index is 13.2. The minimum atomic E-state index is -4.61. The number of carbonyl (C=O) groups is 1. The normalized spacial score (nSPS) is 15.6. The third-order valence-corrected chi connectivity index (χ3v) is 5.23. The van der Waals surface area contributed by atoms with Crippen LogP contribution in [0.1, 0.15) is 39.2 Å². The third kappa shape index (κ3) is 6.63. The summed E-state index contributed by atoms with van der Waals surface area (Å²) in [7, 11) is 0. The van der Waals surface area contributed by atoms with Crippen LogP contribution in [-0.2, 0) is 10.9 Å². The van der Waals surface area contributed by atoms with Crippen molar-refractivity contribution in [2.75, 3.05) is 31.1 Å². The molecule has 0 aliphatic carbocycles. The number of hydrogen-bond donors (Lipinski definition) is 0.